The van der Waals surface area contributed by atoms with Gasteiger partial charge in [0.1, 0.15) is 12.0 Å². The summed E-state index contributed by atoms with van der Waals surface area (Å²) < 4.78 is 31.2. The van der Waals surface area contributed by atoms with E-state index in [0.29, 0.717) is 31.5 Å². The highest BCUT2D eigenvalue weighted by molar-refractivity contribution is 7.89. The minimum atomic E-state index is -3.11. The van der Waals surface area contributed by atoms with E-state index < -0.39 is 10.0 Å². The van der Waals surface area contributed by atoms with E-state index in [4.69, 9.17) is 4.42 Å². The second-order valence-corrected chi connectivity index (χ2v) is 9.68. The van der Waals surface area contributed by atoms with E-state index in [1.165, 1.54) is 5.56 Å². The molecule has 2 heterocycles. The van der Waals surface area contributed by atoms with Crippen LogP contribution in [0.3, 0.4) is 0 Å². The fourth-order valence-electron chi connectivity index (χ4n) is 3.34. The Balaban J connectivity index is 1.58. The normalized spacial score (nSPS) is 16.6. The molecular weight excluding hydrogens is 402 g/mol. The first-order valence-electron chi connectivity index (χ1n) is 10.5. The zero-order valence-electron chi connectivity index (χ0n) is 17.9. The largest absolute Gasteiger partial charge is 0.444 e. The Morgan fingerprint density at radius 2 is 1.93 bits per heavy atom. The maximum atomic E-state index is 12.0. The number of oxazole rings is 1. The number of hydrogen-bond acceptors (Lipinski definition) is 5. The molecule has 1 aliphatic rings. The lowest BCUT2D eigenvalue weighted by atomic mass is 10.1. The molecule has 2 aromatic rings. The molecule has 0 bridgehead atoms. The van der Waals surface area contributed by atoms with Crippen molar-refractivity contribution in [2.24, 2.45) is 4.99 Å². The van der Waals surface area contributed by atoms with Crippen molar-refractivity contribution in [3.63, 3.8) is 0 Å². The van der Waals surface area contributed by atoms with Crippen molar-refractivity contribution in [3.05, 3.63) is 41.8 Å². The summed E-state index contributed by atoms with van der Waals surface area (Å²) in [7, 11) is -3.11. The fraction of sp³-hybridized carbons (Fsp3) is 0.524. The number of nitrogens with zero attached hydrogens (tertiary/aromatic N) is 3. The molecule has 1 aromatic carbocycles. The van der Waals surface area contributed by atoms with Crippen LogP contribution in [0.2, 0.25) is 0 Å². The quantitative estimate of drug-likeness (QED) is 0.514. The van der Waals surface area contributed by atoms with E-state index in [-0.39, 0.29) is 11.8 Å². The summed E-state index contributed by atoms with van der Waals surface area (Å²) in [5.74, 6) is 1.44. The number of aryl methyl sites for hydroxylation is 1. The number of nitrogens with one attached hydrogen (secondary N) is 2. The predicted octanol–water partition coefficient (Wildman–Crippen LogP) is 2.52. The topological polar surface area (TPSA) is 99.8 Å². The van der Waals surface area contributed by atoms with Crippen molar-refractivity contribution in [1.82, 2.24) is 19.9 Å². The highest BCUT2D eigenvalue weighted by atomic mass is 32.2. The van der Waals surface area contributed by atoms with Gasteiger partial charge in [-0.1, -0.05) is 17.7 Å². The van der Waals surface area contributed by atoms with Crippen molar-refractivity contribution in [2.45, 2.75) is 46.2 Å². The van der Waals surface area contributed by atoms with E-state index in [0.717, 1.165) is 30.6 Å². The zero-order chi connectivity index (χ0) is 21.6. The number of sulfonamides is 1. The average Bonchev–Trinajstić information content (AvgIpc) is 3.22. The molecule has 0 unspecified atom stereocenters. The lowest BCUT2D eigenvalue weighted by Crippen LogP contribution is -2.50. The van der Waals surface area contributed by atoms with Crippen molar-refractivity contribution >= 4 is 16.0 Å². The SMILES string of the molecule is CCNC(=NCc1coc(-c2ccc(C)cc2)n1)NC1CCN(S(=O)(=O)CC)CC1. The first kappa shape index (κ1) is 22.3. The Bertz CT molecular complexity index is 945. The summed E-state index contributed by atoms with van der Waals surface area (Å²) >= 11 is 0. The third-order valence-corrected chi connectivity index (χ3v) is 7.03. The zero-order valence-corrected chi connectivity index (χ0v) is 18.7. The Hall–Kier alpha value is -2.39. The predicted molar refractivity (Wildman–Crippen MR) is 119 cm³/mol. The van der Waals surface area contributed by atoms with E-state index in [1.807, 2.05) is 38.1 Å². The van der Waals surface area contributed by atoms with Gasteiger partial charge in [0.15, 0.2) is 5.96 Å². The van der Waals surface area contributed by atoms with Crippen LogP contribution in [0, 0.1) is 6.92 Å². The van der Waals surface area contributed by atoms with Crippen LogP contribution in [-0.4, -0.2) is 55.1 Å². The van der Waals surface area contributed by atoms with Gasteiger partial charge in [-0.05, 0) is 45.7 Å². The molecule has 0 radical (unpaired) electrons. The molecule has 3 rings (SSSR count). The Labute approximate surface area is 178 Å². The minimum Gasteiger partial charge on any atom is -0.444 e. The van der Waals surface area contributed by atoms with Gasteiger partial charge in [-0.15, -0.1) is 0 Å². The van der Waals surface area contributed by atoms with Gasteiger partial charge in [0.05, 0.1) is 12.3 Å². The Morgan fingerprint density at radius 3 is 2.57 bits per heavy atom. The first-order valence-corrected chi connectivity index (χ1v) is 12.1. The van der Waals surface area contributed by atoms with Gasteiger partial charge in [0, 0.05) is 31.2 Å². The summed E-state index contributed by atoms with van der Waals surface area (Å²) in [6.07, 6.45) is 3.15. The smallest absolute Gasteiger partial charge is 0.226 e. The minimum absolute atomic E-state index is 0.150. The maximum Gasteiger partial charge on any atom is 0.226 e. The van der Waals surface area contributed by atoms with E-state index in [2.05, 4.69) is 20.6 Å². The standard InChI is InChI=1S/C21H31N5O3S/c1-4-22-21(25-18-10-12-26(13-11-18)30(27,28)5-2)23-14-19-15-29-20(24-19)17-8-6-16(3)7-9-17/h6-9,15,18H,4-5,10-14H2,1-3H3,(H2,22,23,25). The third kappa shape index (κ3) is 5.82. The highest BCUT2D eigenvalue weighted by Gasteiger charge is 2.27. The molecule has 164 valence electrons. The van der Waals surface area contributed by atoms with Crippen molar-refractivity contribution < 1.29 is 12.8 Å². The number of hydrogen-bond donors (Lipinski definition) is 2. The molecule has 30 heavy (non-hydrogen) atoms. The maximum absolute atomic E-state index is 12.0. The molecule has 2 N–H and O–H groups in total. The van der Waals surface area contributed by atoms with Gasteiger partial charge >= 0.3 is 0 Å². The molecule has 0 aliphatic carbocycles. The Kier molecular flexibility index (Phi) is 7.49. The van der Waals surface area contributed by atoms with Crippen molar-refractivity contribution in [2.75, 3.05) is 25.4 Å². The van der Waals surface area contributed by atoms with Gasteiger partial charge < -0.3 is 15.1 Å². The molecule has 0 amide bonds. The molecule has 8 nitrogen and oxygen atoms in total. The molecule has 0 atom stereocenters. The van der Waals surface area contributed by atoms with Crippen LogP contribution in [-0.2, 0) is 16.6 Å². The van der Waals surface area contributed by atoms with Crippen LogP contribution in [0.5, 0.6) is 0 Å². The number of aliphatic imine (C=N–C) groups is 1. The van der Waals surface area contributed by atoms with Crippen LogP contribution in [0.15, 0.2) is 39.9 Å². The van der Waals surface area contributed by atoms with Gasteiger partial charge in [-0.25, -0.2) is 22.7 Å². The Morgan fingerprint density at radius 1 is 1.23 bits per heavy atom. The van der Waals surface area contributed by atoms with Crippen LogP contribution >= 0.6 is 0 Å². The molecule has 1 saturated heterocycles. The van der Waals surface area contributed by atoms with Crippen molar-refractivity contribution in [3.8, 4) is 11.5 Å². The summed E-state index contributed by atoms with van der Waals surface area (Å²) in [6.45, 7) is 7.95. The van der Waals surface area contributed by atoms with Crippen LogP contribution < -0.4 is 10.6 Å². The summed E-state index contributed by atoms with van der Waals surface area (Å²) in [4.78, 5) is 9.16. The lowest BCUT2D eigenvalue weighted by Gasteiger charge is -2.32. The van der Waals surface area contributed by atoms with Gasteiger partial charge in [0.25, 0.3) is 0 Å². The number of piperidine rings is 1. The summed E-state index contributed by atoms with van der Waals surface area (Å²) in [5, 5.41) is 6.67. The van der Waals surface area contributed by atoms with Crippen LogP contribution in [0.1, 0.15) is 37.9 Å². The van der Waals surface area contributed by atoms with E-state index >= 15 is 0 Å². The molecule has 1 fully saturated rings. The number of rotatable bonds is 7. The number of aromatic nitrogens is 1. The fourth-order valence-corrected chi connectivity index (χ4v) is 4.47. The summed E-state index contributed by atoms with van der Waals surface area (Å²) in [5.41, 5.74) is 2.89. The van der Waals surface area contributed by atoms with E-state index in [1.54, 1.807) is 17.5 Å². The van der Waals surface area contributed by atoms with Gasteiger partial charge in [-0.2, -0.15) is 0 Å². The molecule has 9 heteroatoms. The average molecular weight is 434 g/mol. The first-order chi connectivity index (χ1) is 14.4. The second-order valence-electron chi connectivity index (χ2n) is 7.42. The second kappa shape index (κ2) is 10.1. The summed E-state index contributed by atoms with van der Waals surface area (Å²) in [6, 6.07) is 8.23. The number of benzene rings is 1. The third-order valence-electron chi connectivity index (χ3n) is 5.15. The molecule has 1 aromatic heterocycles. The molecular formula is C21H31N5O3S. The lowest BCUT2D eigenvalue weighted by molar-refractivity contribution is 0.306. The molecule has 0 spiro atoms. The molecule has 1 aliphatic heterocycles. The highest BCUT2D eigenvalue weighted by Crippen LogP contribution is 2.19. The van der Waals surface area contributed by atoms with Crippen LogP contribution in [0.25, 0.3) is 11.5 Å². The number of guanidine groups is 1. The molecule has 0 saturated carbocycles. The van der Waals surface area contributed by atoms with Gasteiger partial charge in [-0.3, -0.25) is 0 Å². The van der Waals surface area contributed by atoms with Crippen molar-refractivity contribution in [1.29, 1.82) is 0 Å². The monoisotopic (exact) mass is 433 g/mol. The van der Waals surface area contributed by atoms with E-state index in [9.17, 15) is 8.42 Å². The van der Waals surface area contributed by atoms with Crippen LogP contribution in [0.4, 0.5) is 0 Å². The van der Waals surface area contributed by atoms with Gasteiger partial charge in [0.2, 0.25) is 15.9 Å².